The average molecular weight is 254 g/mol. The number of methoxy groups -OCH3 is 1. The molecule has 0 spiro atoms. The summed E-state index contributed by atoms with van der Waals surface area (Å²) in [4.78, 5) is 2.30. The maximum Gasteiger partial charge on any atom is 0.196 e. The van der Waals surface area contributed by atoms with Crippen molar-refractivity contribution >= 4 is 0 Å². The van der Waals surface area contributed by atoms with E-state index < -0.39 is 5.82 Å². The highest BCUT2D eigenvalue weighted by atomic mass is 19.1. The van der Waals surface area contributed by atoms with Crippen molar-refractivity contribution in [3.05, 3.63) is 23.5 Å². The van der Waals surface area contributed by atoms with Gasteiger partial charge in [-0.3, -0.25) is 0 Å². The van der Waals surface area contributed by atoms with E-state index in [1.807, 2.05) is 0 Å². The molecule has 1 saturated heterocycles. The fraction of sp³-hybridized carbons (Fsp3) is 0.538. The van der Waals surface area contributed by atoms with Crippen LogP contribution < -0.4 is 10.1 Å². The second-order valence-electron chi connectivity index (χ2n) is 4.43. The Hall–Kier alpha value is -1.33. The molecule has 18 heavy (non-hydrogen) atoms. The summed E-state index contributed by atoms with van der Waals surface area (Å²) in [7, 11) is 1.36. The van der Waals surface area contributed by atoms with Gasteiger partial charge in [0.25, 0.3) is 0 Å². The Kier molecular flexibility index (Phi) is 4.38. The molecule has 0 unspecified atom stereocenters. The number of halogens is 1. The minimum atomic E-state index is -0.451. The molecule has 0 amide bonds. The lowest BCUT2D eigenvalue weighted by atomic mass is 10.1. The quantitative estimate of drug-likeness (QED) is 0.841. The normalized spacial score (nSPS) is 16.8. The first-order chi connectivity index (χ1) is 8.72. The first kappa shape index (κ1) is 13.1. The standard InChI is InChI=1S/C13H19FN2O2/c1-18-13-11(17)3-2-10(12(13)14)4-7-16-8-5-15-6-9-16/h2-3,15,17H,4-9H2,1H3. The van der Waals surface area contributed by atoms with Gasteiger partial charge in [-0.05, 0) is 18.1 Å². The summed E-state index contributed by atoms with van der Waals surface area (Å²) in [6, 6.07) is 3.10. The first-order valence-corrected chi connectivity index (χ1v) is 6.19. The van der Waals surface area contributed by atoms with E-state index in [0.29, 0.717) is 12.0 Å². The predicted octanol–water partition coefficient (Wildman–Crippen LogP) is 0.988. The molecule has 5 heteroatoms. The van der Waals surface area contributed by atoms with Gasteiger partial charge in [-0.25, -0.2) is 4.39 Å². The number of aromatic hydroxyl groups is 1. The molecule has 1 aromatic rings. The molecule has 4 nitrogen and oxygen atoms in total. The van der Waals surface area contributed by atoms with Crippen LogP contribution in [0.2, 0.25) is 0 Å². The van der Waals surface area contributed by atoms with Gasteiger partial charge in [-0.15, -0.1) is 0 Å². The Morgan fingerprint density at radius 3 is 2.78 bits per heavy atom. The number of piperazine rings is 1. The first-order valence-electron chi connectivity index (χ1n) is 6.19. The molecule has 0 bridgehead atoms. The zero-order chi connectivity index (χ0) is 13.0. The van der Waals surface area contributed by atoms with Gasteiger partial charge in [0.1, 0.15) is 0 Å². The Morgan fingerprint density at radius 2 is 2.11 bits per heavy atom. The fourth-order valence-corrected chi connectivity index (χ4v) is 2.19. The van der Waals surface area contributed by atoms with Gasteiger partial charge in [0, 0.05) is 32.7 Å². The molecule has 1 heterocycles. The monoisotopic (exact) mass is 254 g/mol. The van der Waals surface area contributed by atoms with Crippen LogP contribution in [0, 0.1) is 5.82 Å². The Balaban J connectivity index is 2.00. The molecule has 0 radical (unpaired) electrons. The number of nitrogens with one attached hydrogen (secondary N) is 1. The topological polar surface area (TPSA) is 44.7 Å². The van der Waals surface area contributed by atoms with Crippen LogP contribution >= 0.6 is 0 Å². The molecule has 0 aliphatic carbocycles. The number of phenolic OH excluding ortho intramolecular Hbond substituents is 1. The lowest BCUT2D eigenvalue weighted by molar-refractivity contribution is 0.242. The van der Waals surface area contributed by atoms with E-state index in [1.165, 1.54) is 13.2 Å². The molecule has 0 aromatic heterocycles. The summed E-state index contributed by atoms with van der Waals surface area (Å²) < 4.78 is 18.8. The molecule has 0 saturated carbocycles. The van der Waals surface area contributed by atoms with E-state index in [1.54, 1.807) is 6.07 Å². The summed E-state index contributed by atoms with van der Waals surface area (Å²) in [6.45, 7) is 4.79. The fourth-order valence-electron chi connectivity index (χ4n) is 2.19. The molecular formula is C13H19FN2O2. The molecule has 0 atom stereocenters. The van der Waals surface area contributed by atoms with Gasteiger partial charge in [0.15, 0.2) is 17.3 Å². The number of benzene rings is 1. The van der Waals surface area contributed by atoms with Crippen LogP contribution in [-0.2, 0) is 6.42 Å². The lowest BCUT2D eigenvalue weighted by Gasteiger charge is -2.27. The van der Waals surface area contributed by atoms with E-state index in [0.717, 1.165) is 32.7 Å². The highest BCUT2D eigenvalue weighted by Gasteiger charge is 2.15. The number of hydrogen-bond acceptors (Lipinski definition) is 4. The predicted molar refractivity (Wildman–Crippen MR) is 67.6 cm³/mol. The summed E-state index contributed by atoms with van der Waals surface area (Å²) in [5.74, 6) is -0.665. The van der Waals surface area contributed by atoms with Gasteiger partial charge in [-0.1, -0.05) is 6.07 Å². The molecule has 2 N–H and O–H groups in total. The number of rotatable bonds is 4. The van der Waals surface area contributed by atoms with E-state index in [4.69, 9.17) is 4.74 Å². The van der Waals surface area contributed by atoms with Crippen molar-refractivity contribution in [3.63, 3.8) is 0 Å². The minimum absolute atomic E-state index is 0.0622. The highest BCUT2D eigenvalue weighted by Crippen LogP contribution is 2.31. The van der Waals surface area contributed by atoms with Crippen molar-refractivity contribution in [1.82, 2.24) is 10.2 Å². The van der Waals surface area contributed by atoms with Crippen molar-refractivity contribution in [2.24, 2.45) is 0 Å². The van der Waals surface area contributed by atoms with Crippen molar-refractivity contribution in [2.45, 2.75) is 6.42 Å². The smallest absolute Gasteiger partial charge is 0.196 e. The SMILES string of the molecule is COc1c(O)ccc(CCN2CCNCC2)c1F. The van der Waals surface area contributed by atoms with Crippen LogP contribution in [0.25, 0.3) is 0 Å². The Bertz CT molecular complexity index is 406. The lowest BCUT2D eigenvalue weighted by Crippen LogP contribution is -2.44. The van der Waals surface area contributed by atoms with E-state index in [9.17, 15) is 9.50 Å². The summed E-state index contributed by atoms with van der Waals surface area (Å²) >= 11 is 0. The van der Waals surface area contributed by atoms with Crippen molar-refractivity contribution in [3.8, 4) is 11.5 Å². The maximum atomic E-state index is 14.0. The van der Waals surface area contributed by atoms with E-state index >= 15 is 0 Å². The molecule has 100 valence electrons. The maximum absolute atomic E-state index is 14.0. The van der Waals surface area contributed by atoms with E-state index in [-0.39, 0.29) is 11.5 Å². The van der Waals surface area contributed by atoms with Crippen LogP contribution in [0.4, 0.5) is 4.39 Å². The minimum Gasteiger partial charge on any atom is -0.504 e. The zero-order valence-electron chi connectivity index (χ0n) is 10.6. The Labute approximate surface area is 106 Å². The van der Waals surface area contributed by atoms with Gasteiger partial charge in [0.2, 0.25) is 0 Å². The van der Waals surface area contributed by atoms with Crippen molar-refractivity contribution < 1.29 is 14.2 Å². The molecule has 2 rings (SSSR count). The number of phenols is 1. The van der Waals surface area contributed by atoms with Gasteiger partial charge in [0.05, 0.1) is 7.11 Å². The van der Waals surface area contributed by atoms with Gasteiger partial charge >= 0.3 is 0 Å². The highest BCUT2D eigenvalue weighted by molar-refractivity contribution is 5.43. The number of ether oxygens (including phenoxy) is 1. The van der Waals surface area contributed by atoms with Crippen molar-refractivity contribution in [2.75, 3.05) is 39.8 Å². The summed E-state index contributed by atoms with van der Waals surface area (Å²) in [5, 5.41) is 12.7. The van der Waals surface area contributed by atoms with Crippen molar-refractivity contribution in [1.29, 1.82) is 0 Å². The zero-order valence-corrected chi connectivity index (χ0v) is 10.6. The van der Waals surface area contributed by atoms with Crippen LogP contribution in [0.5, 0.6) is 11.5 Å². The van der Waals surface area contributed by atoms with Crippen LogP contribution in [0.1, 0.15) is 5.56 Å². The third kappa shape index (κ3) is 2.91. The third-order valence-electron chi connectivity index (χ3n) is 3.27. The second-order valence-corrected chi connectivity index (χ2v) is 4.43. The average Bonchev–Trinajstić information content (AvgIpc) is 2.40. The molecule has 1 aromatic carbocycles. The van der Waals surface area contributed by atoms with Crippen LogP contribution in [0.15, 0.2) is 12.1 Å². The largest absolute Gasteiger partial charge is 0.504 e. The Morgan fingerprint density at radius 1 is 1.39 bits per heavy atom. The third-order valence-corrected chi connectivity index (χ3v) is 3.27. The molecule has 1 aliphatic rings. The summed E-state index contributed by atoms with van der Waals surface area (Å²) in [6.07, 6.45) is 0.627. The van der Waals surface area contributed by atoms with Gasteiger partial charge < -0.3 is 20.1 Å². The summed E-state index contributed by atoms with van der Waals surface area (Å²) in [5.41, 5.74) is 0.586. The van der Waals surface area contributed by atoms with E-state index in [2.05, 4.69) is 10.2 Å². The molecule has 1 aliphatic heterocycles. The van der Waals surface area contributed by atoms with Gasteiger partial charge in [-0.2, -0.15) is 0 Å². The molecule has 1 fully saturated rings. The van der Waals surface area contributed by atoms with Crippen LogP contribution in [-0.4, -0.2) is 49.8 Å². The number of nitrogens with zero attached hydrogens (tertiary/aromatic N) is 1. The molecular weight excluding hydrogens is 235 g/mol. The second kappa shape index (κ2) is 6.02. The number of hydrogen-bond donors (Lipinski definition) is 2. The van der Waals surface area contributed by atoms with Crippen LogP contribution in [0.3, 0.4) is 0 Å².